The molecule has 0 radical (unpaired) electrons. The molecule has 0 unspecified atom stereocenters. The Balaban J connectivity index is 1.62. The highest BCUT2D eigenvalue weighted by Crippen LogP contribution is 2.23. The molecule has 0 spiro atoms. The van der Waals surface area contributed by atoms with E-state index < -0.39 is 18.6 Å². The first kappa shape index (κ1) is 16.9. The first-order valence-electron chi connectivity index (χ1n) is 7.65. The van der Waals surface area contributed by atoms with E-state index in [-0.39, 0.29) is 24.7 Å². The highest BCUT2D eigenvalue weighted by Gasteiger charge is 2.14. The average molecular weight is 343 g/mol. The lowest BCUT2D eigenvalue weighted by molar-refractivity contribution is 0.0798. The summed E-state index contributed by atoms with van der Waals surface area (Å²) >= 11 is 0. The van der Waals surface area contributed by atoms with E-state index in [1.165, 1.54) is 6.26 Å². The first-order chi connectivity index (χ1) is 12.2. The normalized spacial score (nSPS) is 12.1. The molecule has 0 aliphatic carbocycles. The fraction of sp³-hybridized carbons (Fsp3) is 0.235. The second kappa shape index (κ2) is 7.73. The molecule has 25 heavy (non-hydrogen) atoms. The molecule has 0 fully saturated rings. The molecule has 1 atom stereocenters. The molecule has 8 nitrogen and oxygen atoms in total. The van der Waals surface area contributed by atoms with Gasteiger partial charge in [0, 0.05) is 18.1 Å². The maximum atomic E-state index is 11.9. The number of carbonyl (C=O) groups excluding carboxylic acids is 1. The standard InChI is InChI=1S/C17H17N3O5/c21-8-12(22)7-19-17(23)13-9-25-15(20-13)10-24-14-5-1-3-11-4-2-6-18-16(11)14/h1-6,9,12,21-22H,7-8,10H2,(H,19,23)/t12-/m1/s1. The number of aliphatic hydroxyl groups excluding tert-OH is 2. The number of amides is 1. The van der Waals surface area contributed by atoms with Gasteiger partial charge in [-0.2, -0.15) is 0 Å². The Labute approximate surface area is 143 Å². The molecule has 3 rings (SSSR count). The van der Waals surface area contributed by atoms with Crippen LogP contribution in [-0.4, -0.2) is 45.3 Å². The van der Waals surface area contributed by atoms with E-state index in [1.807, 2.05) is 24.3 Å². The zero-order chi connectivity index (χ0) is 17.6. The van der Waals surface area contributed by atoms with Crippen molar-refractivity contribution in [1.29, 1.82) is 0 Å². The molecule has 130 valence electrons. The summed E-state index contributed by atoms with van der Waals surface area (Å²) in [5.74, 6) is 0.323. The van der Waals surface area contributed by atoms with Crippen molar-refractivity contribution in [2.45, 2.75) is 12.7 Å². The SMILES string of the molecule is O=C(NC[C@@H](O)CO)c1coc(COc2cccc3cccnc23)n1. The quantitative estimate of drug-likeness (QED) is 0.583. The minimum atomic E-state index is -1.02. The van der Waals surface area contributed by atoms with Gasteiger partial charge in [0.2, 0.25) is 5.89 Å². The van der Waals surface area contributed by atoms with Crippen molar-refractivity contribution < 1.29 is 24.2 Å². The van der Waals surface area contributed by atoms with Crippen LogP contribution in [0.5, 0.6) is 5.75 Å². The van der Waals surface area contributed by atoms with E-state index in [2.05, 4.69) is 15.3 Å². The van der Waals surface area contributed by atoms with Crippen molar-refractivity contribution in [1.82, 2.24) is 15.3 Å². The van der Waals surface area contributed by atoms with Crippen LogP contribution in [0.3, 0.4) is 0 Å². The molecule has 1 amide bonds. The number of hydrogen-bond acceptors (Lipinski definition) is 7. The summed E-state index contributed by atoms with van der Waals surface area (Å²) in [4.78, 5) is 20.2. The van der Waals surface area contributed by atoms with Gasteiger partial charge in [0.1, 0.15) is 17.5 Å². The minimum Gasteiger partial charge on any atom is -0.482 e. The van der Waals surface area contributed by atoms with E-state index in [1.54, 1.807) is 12.3 Å². The molecule has 0 saturated heterocycles. The molecular weight excluding hydrogens is 326 g/mol. The van der Waals surface area contributed by atoms with Gasteiger partial charge in [-0.05, 0) is 12.1 Å². The van der Waals surface area contributed by atoms with E-state index in [4.69, 9.17) is 14.3 Å². The fourth-order valence-electron chi connectivity index (χ4n) is 2.18. The van der Waals surface area contributed by atoms with Crippen molar-refractivity contribution in [2.75, 3.05) is 13.2 Å². The van der Waals surface area contributed by atoms with Crippen molar-refractivity contribution in [2.24, 2.45) is 0 Å². The highest BCUT2D eigenvalue weighted by atomic mass is 16.5. The lowest BCUT2D eigenvalue weighted by atomic mass is 10.2. The van der Waals surface area contributed by atoms with Crippen molar-refractivity contribution >= 4 is 16.8 Å². The number of rotatable bonds is 7. The zero-order valence-electron chi connectivity index (χ0n) is 13.3. The van der Waals surface area contributed by atoms with E-state index in [0.717, 1.165) is 10.9 Å². The van der Waals surface area contributed by atoms with Gasteiger partial charge in [-0.3, -0.25) is 9.78 Å². The number of nitrogens with zero attached hydrogens (tertiary/aromatic N) is 2. The minimum absolute atomic E-state index is 0.0439. The van der Waals surface area contributed by atoms with Crippen molar-refractivity contribution in [3.63, 3.8) is 0 Å². The molecule has 1 aromatic carbocycles. The third kappa shape index (κ3) is 4.11. The average Bonchev–Trinajstić information content (AvgIpc) is 3.13. The van der Waals surface area contributed by atoms with Gasteiger partial charge in [-0.1, -0.05) is 18.2 Å². The highest BCUT2D eigenvalue weighted by molar-refractivity contribution is 5.91. The van der Waals surface area contributed by atoms with E-state index in [9.17, 15) is 9.90 Å². The van der Waals surface area contributed by atoms with Crippen LogP contribution in [0.2, 0.25) is 0 Å². The van der Waals surface area contributed by atoms with E-state index in [0.29, 0.717) is 5.75 Å². The monoisotopic (exact) mass is 343 g/mol. The number of aromatic nitrogens is 2. The number of nitrogens with one attached hydrogen (secondary N) is 1. The number of aliphatic hydroxyl groups is 2. The zero-order valence-corrected chi connectivity index (χ0v) is 13.3. The third-order valence-electron chi connectivity index (χ3n) is 3.44. The van der Waals surface area contributed by atoms with Gasteiger partial charge in [0.05, 0.1) is 12.7 Å². The van der Waals surface area contributed by atoms with E-state index >= 15 is 0 Å². The van der Waals surface area contributed by atoms with Crippen molar-refractivity contribution in [3.8, 4) is 5.75 Å². The summed E-state index contributed by atoms with van der Waals surface area (Å²) in [6, 6.07) is 9.37. The van der Waals surface area contributed by atoms with Gasteiger partial charge >= 0.3 is 0 Å². The van der Waals surface area contributed by atoms with Gasteiger partial charge < -0.3 is 24.7 Å². The summed E-state index contributed by atoms with van der Waals surface area (Å²) in [6.45, 7) is -0.463. The summed E-state index contributed by atoms with van der Waals surface area (Å²) in [5, 5.41) is 21.3. The smallest absolute Gasteiger partial charge is 0.273 e. The van der Waals surface area contributed by atoms with Crippen LogP contribution in [0.4, 0.5) is 0 Å². The van der Waals surface area contributed by atoms with Gasteiger partial charge in [0.15, 0.2) is 12.3 Å². The molecule has 2 aromatic heterocycles. The lowest BCUT2D eigenvalue weighted by Crippen LogP contribution is -2.34. The van der Waals surface area contributed by atoms with Crippen LogP contribution in [0.1, 0.15) is 16.4 Å². The predicted octanol–water partition coefficient (Wildman–Crippen LogP) is 0.885. The number of benzene rings is 1. The summed E-state index contributed by atoms with van der Waals surface area (Å²) < 4.78 is 10.9. The maximum Gasteiger partial charge on any atom is 0.273 e. The first-order valence-corrected chi connectivity index (χ1v) is 7.65. The Morgan fingerprint density at radius 1 is 1.32 bits per heavy atom. The predicted molar refractivity (Wildman–Crippen MR) is 88.0 cm³/mol. The molecule has 0 bridgehead atoms. The van der Waals surface area contributed by atoms with Gasteiger partial charge in [-0.25, -0.2) is 4.98 Å². The molecule has 0 saturated carbocycles. The largest absolute Gasteiger partial charge is 0.482 e. The lowest BCUT2D eigenvalue weighted by Gasteiger charge is -2.07. The second-order valence-corrected chi connectivity index (χ2v) is 5.29. The molecule has 0 aliphatic heterocycles. The van der Waals surface area contributed by atoms with Crippen LogP contribution in [0, 0.1) is 0 Å². The number of para-hydroxylation sites is 1. The Hall–Kier alpha value is -2.97. The topological polar surface area (TPSA) is 118 Å². The summed E-state index contributed by atoms with van der Waals surface area (Å²) in [6.07, 6.45) is 1.88. The number of oxazole rings is 1. The van der Waals surface area contributed by atoms with Crippen molar-refractivity contribution in [3.05, 3.63) is 54.4 Å². The number of carbonyl (C=O) groups is 1. The molecular formula is C17H17N3O5. The Bertz CT molecular complexity index is 859. The molecule has 2 heterocycles. The molecule has 3 aromatic rings. The van der Waals surface area contributed by atoms with Crippen LogP contribution in [0.15, 0.2) is 47.2 Å². The van der Waals surface area contributed by atoms with Crippen LogP contribution in [-0.2, 0) is 6.61 Å². The Morgan fingerprint density at radius 3 is 3.00 bits per heavy atom. The number of fused-ring (bicyclic) bond motifs is 1. The summed E-state index contributed by atoms with van der Waals surface area (Å²) in [7, 11) is 0. The van der Waals surface area contributed by atoms with Gasteiger partial charge in [0.25, 0.3) is 5.91 Å². The van der Waals surface area contributed by atoms with Crippen LogP contribution in [0.25, 0.3) is 10.9 Å². The molecule has 0 aliphatic rings. The van der Waals surface area contributed by atoms with Gasteiger partial charge in [-0.15, -0.1) is 0 Å². The van der Waals surface area contributed by atoms with Crippen LogP contribution >= 0.6 is 0 Å². The molecule has 8 heteroatoms. The molecule has 3 N–H and O–H groups in total. The second-order valence-electron chi connectivity index (χ2n) is 5.29. The number of ether oxygens (including phenoxy) is 1. The Kier molecular flexibility index (Phi) is 5.22. The number of hydrogen-bond donors (Lipinski definition) is 3. The third-order valence-corrected chi connectivity index (χ3v) is 3.44. The maximum absolute atomic E-state index is 11.9. The number of pyridine rings is 1. The Morgan fingerprint density at radius 2 is 2.16 bits per heavy atom. The van der Waals surface area contributed by atoms with Crippen LogP contribution < -0.4 is 10.1 Å². The summed E-state index contributed by atoms with van der Waals surface area (Å²) in [5.41, 5.74) is 0.798. The fourth-order valence-corrected chi connectivity index (χ4v) is 2.18.